The first-order chi connectivity index (χ1) is 11.4. The molecular formula is C18H22ClN3O2. The van der Waals surface area contributed by atoms with E-state index in [-0.39, 0.29) is 17.3 Å². The Labute approximate surface area is 146 Å². The molecule has 0 N–H and O–H groups in total. The molecule has 1 saturated carbocycles. The van der Waals surface area contributed by atoms with Gasteiger partial charge in [-0.05, 0) is 31.4 Å². The maximum absolute atomic E-state index is 12.2. The van der Waals surface area contributed by atoms with Crippen molar-refractivity contribution in [3.8, 4) is 0 Å². The average molecular weight is 348 g/mol. The largest absolute Gasteiger partial charge is 0.330 e. The molecule has 0 unspecified atom stereocenters. The van der Waals surface area contributed by atoms with Crippen molar-refractivity contribution in [2.75, 3.05) is 0 Å². The van der Waals surface area contributed by atoms with Gasteiger partial charge in [-0.3, -0.25) is 18.8 Å². The van der Waals surface area contributed by atoms with Crippen molar-refractivity contribution in [1.29, 1.82) is 0 Å². The van der Waals surface area contributed by atoms with E-state index in [4.69, 9.17) is 11.6 Å². The standard InChI is InChI=1S/C18H22ClN3O2/c1-12(15-6-4-5-7-16(15)19)22(13-8-9-13)11-14-10-17(23)21(3)18(24)20(14)2/h4-7,10,12-13H,8-9,11H2,1-3H3/t12-/m1/s1. The quantitative estimate of drug-likeness (QED) is 0.834. The summed E-state index contributed by atoms with van der Waals surface area (Å²) in [6, 6.07) is 9.97. The van der Waals surface area contributed by atoms with Gasteiger partial charge in [0.2, 0.25) is 0 Å². The molecule has 1 heterocycles. The molecule has 0 amide bonds. The van der Waals surface area contributed by atoms with Crippen LogP contribution in [0.2, 0.25) is 5.02 Å². The Kier molecular flexibility index (Phi) is 4.65. The highest BCUT2D eigenvalue weighted by atomic mass is 35.5. The summed E-state index contributed by atoms with van der Waals surface area (Å²) in [6.07, 6.45) is 2.27. The molecule has 0 spiro atoms. The number of halogens is 1. The lowest BCUT2D eigenvalue weighted by Crippen LogP contribution is -2.40. The molecule has 6 heteroatoms. The summed E-state index contributed by atoms with van der Waals surface area (Å²) in [5.74, 6) is 0. The molecule has 0 radical (unpaired) electrons. The van der Waals surface area contributed by atoms with Crippen LogP contribution in [0.5, 0.6) is 0 Å². The summed E-state index contributed by atoms with van der Waals surface area (Å²) in [5, 5.41) is 0.744. The highest BCUT2D eigenvalue weighted by molar-refractivity contribution is 6.31. The Morgan fingerprint density at radius 1 is 1.21 bits per heavy atom. The van der Waals surface area contributed by atoms with Crippen molar-refractivity contribution in [3.63, 3.8) is 0 Å². The van der Waals surface area contributed by atoms with Gasteiger partial charge < -0.3 is 0 Å². The molecule has 1 atom stereocenters. The van der Waals surface area contributed by atoms with Gasteiger partial charge in [-0.25, -0.2) is 4.79 Å². The van der Waals surface area contributed by atoms with E-state index < -0.39 is 0 Å². The Morgan fingerprint density at radius 2 is 1.88 bits per heavy atom. The van der Waals surface area contributed by atoms with Gasteiger partial charge in [0.15, 0.2) is 0 Å². The number of hydrogen-bond acceptors (Lipinski definition) is 3. The molecule has 0 bridgehead atoms. The van der Waals surface area contributed by atoms with Gasteiger partial charge in [-0.2, -0.15) is 0 Å². The van der Waals surface area contributed by atoms with Gasteiger partial charge in [0, 0.05) is 49.5 Å². The predicted molar refractivity (Wildman–Crippen MR) is 95.4 cm³/mol. The van der Waals surface area contributed by atoms with E-state index in [1.165, 1.54) is 7.05 Å². The third kappa shape index (κ3) is 3.19. The average Bonchev–Trinajstić information content (AvgIpc) is 3.39. The van der Waals surface area contributed by atoms with Crippen LogP contribution in [0.4, 0.5) is 0 Å². The van der Waals surface area contributed by atoms with Crippen LogP contribution in [0.1, 0.15) is 37.1 Å². The first-order valence-corrected chi connectivity index (χ1v) is 8.54. The van der Waals surface area contributed by atoms with Crippen LogP contribution in [0.25, 0.3) is 0 Å². The van der Waals surface area contributed by atoms with Gasteiger partial charge in [0.05, 0.1) is 0 Å². The smallest absolute Gasteiger partial charge is 0.299 e. The highest BCUT2D eigenvalue weighted by Crippen LogP contribution is 2.37. The molecule has 24 heavy (non-hydrogen) atoms. The topological polar surface area (TPSA) is 47.2 Å². The summed E-state index contributed by atoms with van der Waals surface area (Å²) in [4.78, 5) is 26.5. The number of rotatable bonds is 5. The van der Waals surface area contributed by atoms with E-state index in [2.05, 4.69) is 11.8 Å². The fourth-order valence-corrected chi connectivity index (χ4v) is 3.39. The summed E-state index contributed by atoms with van der Waals surface area (Å²) in [7, 11) is 3.21. The number of nitrogens with zero attached hydrogens (tertiary/aromatic N) is 3. The van der Waals surface area contributed by atoms with Crippen molar-refractivity contribution in [2.45, 2.75) is 38.4 Å². The first-order valence-electron chi connectivity index (χ1n) is 8.16. The molecule has 1 aromatic heterocycles. The molecule has 1 aromatic carbocycles. The van der Waals surface area contributed by atoms with Crippen LogP contribution in [0, 0.1) is 0 Å². The Hall–Kier alpha value is -1.85. The molecule has 1 fully saturated rings. The molecule has 1 aliphatic carbocycles. The lowest BCUT2D eigenvalue weighted by Gasteiger charge is -2.30. The summed E-state index contributed by atoms with van der Waals surface area (Å²) in [6.45, 7) is 2.68. The maximum Gasteiger partial charge on any atom is 0.330 e. The normalized spacial score (nSPS) is 15.7. The van der Waals surface area contributed by atoms with Gasteiger partial charge in [0.1, 0.15) is 0 Å². The van der Waals surface area contributed by atoms with Crippen LogP contribution in [-0.4, -0.2) is 20.1 Å². The Balaban J connectivity index is 1.95. The molecule has 2 aromatic rings. The minimum Gasteiger partial charge on any atom is -0.299 e. The molecule has 0 aliphatic heterocycles. The van der Waals surface area contributed by atoms with Crippen molar-refractivity contribution >= 4 is 11.6 Å². The molecule has 1 aliphatic rings. The number of hydrogen-bond donors (Lipinski definition) is 0. The third-order valence-corrected chi connectivity index (χ3v) is 5.18. The van der Waals surface area contributed by atoms with Gasteiger partial charge in [-0.1, -0.05) is 29.8 Å². The number of aromatic nitrogens is 2. The van der Waals surface area contributed by atoms with E-state index >= 15 is 0 Å². The highest BCUT2D eigenvalue weighted by Gasteiger charge is 2.33. The van der Waals surface area contributed by atoms with E-state index in [1.807, 2.05) is 24.3 Å². The second-order valence-electron chi connectivity index (χ2n) is 6.48. The van der Waals surface area contributed by atoms with Crippen LogP contribution < -0.4 is 11.2 Å². The minimum atomic E-state index is -0.293. The summed E-state index contributed by atoms with van der Waals surface area (Å²) >= 11 is 6.36. The van der Waals surface area contributed by atoms with Crippen LogP contribution in [0.3, 0.4) is 0 Å². The van der Waals surface area contributed by atoms with Gasteiger partial charge in [0.25, 0.3) is 5.56 Å². The van der Waals surface area contributed by atoms with E-state index in [1.54, 1.807) is 17.7 Å². The van der Waals surface area contributed by atoms with E-state index in [9.17, 15) is 9.59 Å². The fourth-order valence-electron chi connectivity index (χ4n) is 3.10. The third-order valence-electron chi connectivity index (χ3n) is 4.84. The van der Waals surface area contributed by atoms with Gasteiger partial charge >= 0.3 is 5.69 Å². The summed E-state index contributed by atoms with van der Waals surface area (Å²) < 4.78 is 2.68. The lowest BCUT2D eigenvalue weighted by atomic mass is 10.1. The first kappa shape index (κ1) is 17.0. The van der Waals surface area contributed by atoms with Crippen LogP contribution >= 0.6 is 11.6 Å². The predicted octanol–water partition coefficient (Wildman–Crippen LogP) is 2.46. The zero-order valence-corrected chi connectivity index (χ0v) is 15.0. The Bertz CT molecular complexity index is 867. The molecule has 128 valence electrons. The lowest BCUT2D eigenvalue weighted by molar-refractivity contribution is 0.185. The van der Waals surface area contributed by atoms with E-state index in [0.29, 0.717) is 12.6 Å². The van der Waals surface area contributed by atoms with Crippen molar-refractivity contribution in [2.24, 2.45) is 14.1 Å². The number of benzene rings is 1. The second-order valence-corrected chi connectivity index (χ2v) is 6.88. The second kappa shape index (κ2) is 6.57. The molecule has 5 nitrogen and oxygen atoms in total. The van der Waals surface area contributed by atoms with Crippen LogP contribution in [0.15, 0.2) is 39.9 Å². The van der Waals surface area contributed by atoms with Crippen molar-refractivity contribution < 1.29 is 0 Å². The zero-order chi connectivity index (χ0) is 17.4. The monoisotopic (exact) mass is 347 g/mol. The molecule has 0 saturated heterocycles. The molecular weight excluding hydrogens is 326 g/mol. The fraction of sp³-hybridized carbons (Fsp3) is 0.444. The van der Waals surface area contributed by atoms with Crippen molar-refractivity contribution in [1.82, 2.24) is 14.0 Å². The molecule has 3 rings (SSSR count). The summed E-state index contributed by atoms with van der Waals surface area (Å²) in [5.41, 5.74) is 1.24. The Morgan fingerprint density at radius 3 is 2.50 bits per heavy atom. The minimum absolute atomic E-state index is 0.116. The zero-order valence-electron chi connectivity index (χ0n) is 14.2. The van der Waals surface area contributed by atoms with Crippen molar-refractivity contribution in [3.05, 3.63) is 67.4 Å². The maximum atomic E-state index is 12.2. The van der Waals surface area contributed by atoms with E-state index in [0.717, 1.165) is 33.7 Å². The van der Waals surface area contributed by atoms with Gasteiger partial charge in [-0.15, -0.1) is 0 Å². The van der Waals surface area contributed by atoms with Crippen LogP contribution in [-0.2, 0) is 20.6 Å². The SMILES string of the molecule is C[C@H](c1ccccc1Cl)N(Cc1cc(=O)n(C)c(=O)n1C)C1CC1.